The molecule has 0 unspecified atom stereocenters. The summed E-state index contributed by atoms with van der Waals surface area (Å²) in [5, 5.41) is 68.5. The van der Waals surface area contributed by atoms with Gasteiger partial charge in [0.1, 0.15) is 41.1 Å². The van der Waals surface area contributed by atoms with Crippen molar-refractivity contribution in [2.24, 2.45) is 34.4 Å². The molecule has 0 aliphatic carbocycles. The molecule has 0 saturated carbocycles. The smallest absolute Gasteiger partial charge is 0.341 e. The number of anilines is 4. The second-order valence-electron chi connectivity index (χ2n) is 20.1. The third kappa shape index (κ3) is 24.1. The second kappa shape index (κ2) is 36.6. The van der Waals surface area contributed by atoms with Gasteiger partial charge < -0.3 is 117 Å². The largest absolute Gasteiger partial charge is 0.496 e. The Bertz CT molecular complexity index is 3370. The highest BCUT2D eigenvalue weighted by Gasteiger charge is 2.29. The summed E-state index contributed by atoms with van der Waals surface area (Å²) in [6.07, 6.45) is 0.930. The van der Waals surface area contributed by atoms with Crippen molar-refractivity contribution in [2.75, 3.05) is 75.4 Å². The highest BCUT2D eigenvalue weighted by molar-refractivity contribution is 6.08. The molecule has 0 saturated heterocycles. The number of benzene rings is 4. The van der Waals surface area contributed by atoms with Crippen LogP contribution in [-0.2, 0) is 24.0 Å². The molecule has 0 aromatic heterocycles. The minimum atomic E-state index is -1.41. The van der Waals surface area contributed by atoms with Gasteiger partial charge in [0.2, 0.25) is 23.6 Å². The Balaban J connectivity index is 1.63. The summed E-state index contributed by atoms with van der Waals surface area (Å²) in [6.45, 7) is -0.316. The number of carbonyl (C=O) groups excluding carboxylic acids is 8. The Hall–Kier alpha value is -11.7. The molecule has 4 atom stereocenters. The second-order valence-corrected chi connectivity index (χ2v) is 20.1. The number of nitrogens with two attached hydrogens (primary N) is 6. The van der Waals surface area contributed by atoms with Crippen LogP contribution in [0, 0.1) is 21.6 Å². The van der Waals surface area contributed by atoms with Crippen LogP contribution in [0.15, 0.2) is 72.8 Å². The van der Waals surface area contributed by atoms with Crippen molar-refractivity contribution in [3.63, 3.8) is 0 Å². The Kier molecular flexibility index (Phi) is 29.0. The molecule has 35 nitrogen and oxygen atoms in total. The van der Waals surface area contributed by atoms with E-state index in [9.17, 15) is 48.3 Å². The number of guanidine groups is 4. The first-order chi connectivity index (χ1) is 43.7. The molecule has 496 valence electrons. The topological polar surface area (TPSA) is 595 Å². The molecule has 0 fully saturated rings. The van der Waals surface area contributed by atoms with Crippen LogP contribution >= 0.6 is 0 Å². The lowest BCUT2D eigenvalue weighted by molar-refractivity contribution is -0.139. The number of nitrogens with one attached hydrogen (secondary N) is 15. The van der Waals surface area contributed by atoms with Crippen LogP contribution in [0.25, 0.3) is 0 Å². The molecule has 4 aromatic rings. The molecule has 0 aliphatic heterocycles. The fourth-order valence-electron chi connectivity index (χ4n) is 8.66. The Morgan fingerprint density at radius 2 is 0.707 bits per heavy atom. The number of methoxy groups -OCH3 is 3. The SMILES string of the molecule is COc1ccc(NC(=O)[C@H](CCCNC(=N)N)NC(=O)c2cc(NC(=O)[C@H](CCCNC(=N)N)NC(=O)c3cc(NC(=O)[C@H](CCCNC(=N)N)NC(=O)c4cc(NC(=O)[C@@H](N)CCCNC(=N)N)ccc4OC)ccc3OC)ccc2OCC(=O)O)cc1C(N)=O. The Morgan fingerprint density at radius 3 is 1.01 bits per heavy atom. The maximum absolute atomic E-state index is 14.4. The van der Waals surface area contributed by atoms with E-state index in [1.54, 1.807) is 0 Å². The zero-order valence-corrected chi connectivity index (χ0v) is 50.6. The average molecular weight is 1280 g/mol. The number of amides is 8. The maximum Gasteiger partial charge on any atom is 0.341 e. The molecule has 8 amide bonds. The summed E-state index contributed by atoms with van der Waals surface area (Å²) >= 11 is 0. The number of hydrogen-bond acceptors (Lipinski definition) is 18. The fourth-order valence-corrected chi connectivity index (χ4v) is 8.66. The van der Waals surface area contributed by atoms with Crippen LogP contribution < -0.4 is 112 Å². The lowest BCUT2D eigenvalue weighted by Gasteiger charge is -2.22. The van der Waals surface area contributed by atoms with Crippen LogP contribution in [0.3, 0.4) is 0 Å². The minimum absolute atomic E-state index is 0.0165. The van der Waals surface area contributed by atoms with Gasteiger partial charge in [-0.1, -0.05) is 0 Å². The lowest BCUT2D eigenvalue weighted by atomic mass is 10.1. The van der Waals surface area contributed by atoms with Crippen LogP contribution in [0.5, 0.6) is 23.0 Å². The van der Waals surface area contributed by atoms with Gasteiger partial charge in [-0.25, -0.2) is 4.79 Å². The molecule has 0 aliphatic rings. The Morgan fingerprint density at radius 1 is 0.424 bits per heavy atom. The molecule has 0 heterocycles. The van der Waals surface area contributed by atoms with Gasteiger partial charge in [0.05, 0.1) is 49.6 Å². The van der Waals surface area contributed by atoms with Crippen molar-refractivity contribution in [3.8, 4) is 23.0 Å². The van der Waals surface area contributed by atoms with Gasteiger partial charge in [-0.15, -0.1) is 0 Å². The molecule has 0 spiro atoms. The normalized spacial score (nSPS) is 11.8. The summed E-state index contributed by atoms with van der Waals surface area (Å²) < 4.78 is 21.6. The zero-order chi connectivity index (χ0) is 68.0. The molecular formula is C57H79N21O14. The summed E-state index contributed by atoms with van der Waals surface area (Å²) in [4.78, 5) is 122. The van der Waals surface area contributed by atoms with Gasteiger partial charge in [-0.05, 0) is 124 Å². The number of carboxylic acid groups (broad SMARTS) is 1. The van der Waals surface area contributed by atoms with E-state index in [0.29, 0.717) is 13.0 Å². The van der Waals surface area contributed by atoms with Gasteiger partial charge in [-0.3, -0.25) is 60.0 Å². The van der Waals surface area contributed by atoms with Crippen LogP contribution in [-0.4, -0.2) is 160 Å². The van der Waals surface area contributed by atoms with Crippen LogP contribution in [0.4, 0.5) is 22.7 Å². The van der Waals surface area contributed by atoms with Gasteiger partial charge in [0.15, 0.2) is 30.4 Å². The van der Waals surface area contributed by atoms with E-state index in [1.165, 1.54) is 88.1 Å². The molecule has 28 N–H and O–H groups in total. The van der Waals surface area contributed by atoms with Gasteiger partial charge in [0, 0.05) is 48.9 Å². The van der Waals surface area contributed by atoms with Gasteiger partial charge >= 0.3 is 5.97 Å². The van der Waals surface area contributed by atoms with Crippen molar-refractivity contribution >= 4 is 99.8 Å². The molecule has 92 heavy (non-hydrogen) atoms. The van der Waals surface area contributed by atoms with E-state index in [4.69, 9.17) is 75.0 Å². The van der Waals surface area contributed by atoms with E-state index in [-0.39, 0.29) is 156 Å². The number of carbonyl (C=O) groups is 9. The fraction of sp³-hybridized carbons (Fsp3) is 0.351. The molecule has 0 radical (unpaired) electrons. The maximum atomic E-state index is 14.4. The molecule has 4 aromatic carbocycles. The van der Waals surface area contributed by atoms with Gasteiger partial charge in [0.25, 0.3) is 23.6 Å². The predicted octanol–water partition coefficient (Wildman–Crippen LogP) is -1.20. The summed E-state index contributed by atoms with van der Waals surface area (Å²) in [6, 6.07) is 10.9. The first kappa shape index (κ1) is 72.8. The van der Waals surface area contributed by atoms with Crippen molar-refractivity contribution in [1.29, 1.82) is 21.6 Å². The first-order valence-corrected chi connectivity index (χ1v) is 28.3. The molecule has 4 rings (SSSR count). The van der Waals surface area contributed by atoms with E-state index in [2.05, 4.69) is 58.5 Å². The number of aliphatic carboxylic acids is 1. The highest BCUT2D eigenvalue weighted by atomic mass is 16.5. The third-order valence-electron chi connectivity index (χ3n) is 13.2. The number of carboxylic acids is 1. The standard InChI is InChI=1S/C57H79N21O14/c1-89-41-16-12-29(24-33(41)46(59)81)73-51(86)40(11-7-23-71-57(66)67)78-49(84)36-27-32(15-19-44(36)92-28-45(79)80)75-53(88)39(10-6-22-70-56(64)65)77-48(83)35-26-31(14-18-43(35)91-3)74-52(87)38(9-5-21-69-55(62)63)76-47(82)34-25-30(13-17-42(34)90-2)72-50(85)37(58)8-4-20-68-54(60)61/h12-19,24-27,37-40H,4-11,20-23,28,58H2,1-3H3,(H2,59,81)(H,72,85)(H,73,86)(H,74,87)(H,75,88)(H,76,82)(H,77,83)(H,78,84)(H,79,80)(H4,60,61,68)(H4,62,63,69)(H4,64,65,70)(H4,66,67,71)/t37-,38-,39-,40-/m0/s1. The molecular weight excluding hydrogens is 1200 g/mol. The predicted molar refractivity (Wildman–Crippen MR) is 340 cm³/mol. The van der Waals surface area contributed by atoms with Crippen molar-refractivity contribution in [1.82, 2.24) is 37.2 Å². The lowest BCUT2D eigenvalue weighted by Crippen LogP contribution is -2.45. The minimum Gasteiger partial charge on any atom is -0.496 e. The van der Waals surface area contributed by atoms with Crippen molar-refractivity contribution < 1.29 is 67.2 Å². The number of ether oxygens (including phenoxy) is 4. The van der Waals surface area contributed by atoms with Crippen LogP contribution in [0.1, 0.15) is 92.8 Å². The van der Waals surface area contributed by atoms with Crippen LogP contribution in [0.2, 0.25) is 0 Å². The summed E-state index contributed by atoms with van der Waals surface area (Å²) in [5.74, 6) is -9.36. The summed E-state index contributed by atoms with van der Waals surface area (Å²) in [7, 11) is 3.89. The summed E-state index contributed by atoms with van der Waals surface area (Å²) in [5.41, 5.74) is 32.8. The van der Waals surface area contributed by atoms with E-state index in [1.807, 2.05) is 0 Å². The van der Waals surface area contributed by atoms with Crippen molar-refractivity contribution in [2.45, 2.75) is 75.5 Å². The average Bonchev–Trinajstić information content (AvgIpc) is 1.01. The number of primary amides is 1. The molecule has 0 bridgehead atoms. The van der Waals surface area contributed by atoms with Gasteiger partial charge in [-0.2, -0.15) is 0 Å². The highest BCUT2D eigenvalue weighted by Crippen LogP contribution is 2.28. The first-order valence-electron chi connectivity index (χ1n) is 28.3. The quantitative estimate of drug-likeness (QED) is 0.0143. The number of hydrogen-bond donors (Lipinski definition) is 22. The molecule has 35 heteroatoms. The third-order valence-corrected chi connectivity index (χ3v) is 13.2. The Labute approximate surface area is 527 Å². The van der Waals surface area contributed by atoms with E-state index in [0.717, 1.165) is 6.07 Å². The van der Waals surface area contributed by atoms with Crippen molar-refractivity contribution in [3.05, 3.63) is 95.1 Å². The van der Waals surface area contributed by atoms with E-state index >= 15 is 0 Å². The number of rotatable bonds is 37. The zero-order valence-electron chi connectivity index (χ0n) is 50.6. The van der Waals surface area contributed by atoms with E-state index < -0.39 is 84.0 Å². The monoisotopic (exact) mass is 1280 g/mol.